The van der Waals surface area contributed by atoms with E-state index < -0.39 is 48.2 Å². The number of nitrogens with one attached hydrogen (secondary N) is 3. The minimum atomic E-state index is -1.55. The van der Waals surface area contributed by atoms with Gasteiger partial charge in [-0.1, -0.05) is 42.5 Å². The van der Waals surface area contributed by atoms with E-state index >= 15 is 0 Å². The molecule has 0 spiro atoms. The van der Waals surface area contributed by atoms with Gasteiger partial charge in [0.25, 0.3) is 0 Å². The van der Waals surface area contributed by atoms with E-state index in [1.807, 2.05) is 0 Å². The van der Waals surface area contributed by atoms with E-state index in [2.05, 4.69) is 16.0 Å². The fraction of sp³-hybridized carbons (Fsp3) is 0.227. The van der Waals surface area contributed by atoms with Gasteiger partial charge in [0.05, 0.1) is 17.8 Å². The van der Waals surface area contributed by atoms with E-state index in [1.165, 1.54) is 4.90 Å². The van der Waals surface area contributed by atoms with Gasteiger partial charge in [0.1, 0.15) is 18.6 Å². The Morgan fingerprint density at radius 2 is 1.67 bits per heavy atom. The van der Waals surface area contributed by atoms with E-state index in [0.717, 1.165) is 0 Å². The van der Waals surface area contributed by atoms with Gasteiger partial charge >= 0.3 is 12.0 Å². The molecule has 172 valence electrons. The molecule has 11 heteroatoms. The number of amides is 5. The van der Waals surface area contributed by atoms with Crippen LogP contribution in [0.25, 0.3) is 0 Å². The minimum Gasteiger partial charge on any atom is -0.480 e. The number of urea groups is 1. The summed E-state index contributed by atoms with van der Waals surface area (Å²) in [5.41, 5.74) is 6.67. The number of anilines is 2. The molecule has 2 aromatic carbocycles. The molecule has 2 aromatic rings. The fourth-order valence-corrected chi connectivity index (χ4v) is 3.37. The van der Waals surface area contributed by atoms with Gasteiger partial charge in [0.2, 0.25) is 17.7 Å². The third-order valence-corrected chi connectivity index (χ3v) is 4.93. The molecule has 1 heterocycles. The molecule has 0 fully saturated rings. The Labute approximate surface area is 188 Å². The molecule has 6 N–H and O–H groups in total. The van der Waals surface area contributed by atoms with Gasteiger partial charge in [-0.2, -0.15) is 0 Å². The first-order valence-electron chi connectivity index (χ1n) is 10.1. The maximum Gasteiger partial charge on any atom is 0.326 e. The molecule has 0 bridgehead atoms. The number of hydrogen-bond acceptors (Lipinski definition) is 5. The molecule has 0 aromatic heterocycles. The van der Waals surface area contributed by atoms with Crippen molar-refractivity contribution in [3.05, 3.63) is 60.2 Å². The van der Waals surface area contributed by atoms with E-state index in [1.54, 1.807) is 54.6 Å². The third-order valence-electron chi connectivity index (χ3n) is 4.93. The first-order chi connectivity index (χ1) is 15.7. The van der Waals surface area contributed by atoms with Crippen molar-refractivity contribution in [1.82, 2.24) is 10.6 Å². The van der Waals surface area contributed by atoms with Crippen molar-refractivity contribution in [1.29, 1.82) is 0 Å². The number of aliphatic carboxylic acids is 1. The molecule has 2 atom stereocenters. The average molecular weight is 453 g/mol. The molecule has 0 aliphatic carbocycles. The molecule has 0 saturated heterocycles. The minimum absolute atomic E-state index is 0.0446. The average Bonchev–Trinajstić information content (AvgIpc) is 2.77. The second kappa shape index (κ2) is 10.3. The number of hydrogen-bond donors (Lipinski definition) is 5. The predicted molar refractivity (Wildman–Crippen MR) is 118 cm³/mol. The van der Waals surface area contributed by atoms with Crippen molar-refractivity contribution in [2.45, 2.75) is 24.9 Å². The topological polar surface area (TPSA) is 171 Å². The summed E-state index contributed by atoms with van der Waals surface area (Å²) in [5.74, 6) is -3.55. The quantitative estimate of drug-likeness (QED) is 0.382. The fourth-order valence-electron chi connectivity index (χ4n) is 3.37. The van der Waals surface area contributed by atoms with Crippen LogP contribution in [0.2, 0.25) is 0 Å². The van der Waals surface area contributed by atoms with Crippen LogP contribution in [0.5, 0.6) is 0 Å². The van der Waals surface area contributed by atoms with Crippen molar-refractivity contribution in [2.75, 3.05) is 16.8 Å². The van der Waals surface area contributed by atoms with Gasteiger partial charge in [-0.05, 0) is 17.7 Å². The molecular formula is C22H23N5O6. The van der Waals surface area contributed by atoms with E-state index in [-0.39, 0.29) is 13.0 Å². The summed E-state index contributed by atoms with van der Waals surface area (Å²) in [6.07, 6.45) is -0.560. The molecule has 2 unspecified atom stereocenters. The normalized spacial score (nSPS) is 14.3. The van der Waals surface area contributed by atoms with Gasteiger partial charge in [0.15, 0.2) is 0 Å². The van der Waals surface area contributed by atoms with Crippen molar-refractivity contribution >= 4 is 41.1 Å². The van der Waals surface area contributed by atoms with Crippen molar-refractivity contribution in [3.63, 3.8) is 0 Å². The molecule has 0 saturated carbocycles. The van der Waals surface area contributed by atoms with E-state index in [4.69, 9.17) is 5.73 Å². The Kier molecular flexibility index (Phi) is 7.24. The standard InChI is InChI=1S/C22H23N5O6/c23-18(28)11-16(21(31)32)25-20(30)15(10-13-6-2-1-3-7-13)26-22(33)27-12-19(29)24-14-8-4-5-9-17(14)27/h1-9,15-16H,10-12H2,(H2,23,28)(H,24,29)(H,25,30)(H,26,33)(H,31,32). The number of nitrogens with zero attached hydrogens (tertiary/aromatic N) is 1. The van der Waals surface area contributed by atoms with Gasteiger partial charge in [-0.15, -0.1) is 0 Å². The lowest BCUT2D eigenvalue weighted by atomic mass is 10.0. The number of rotatable bonds is 8. The second-order valence-corrected chi connectivity index (χ2v) is 7.41. The van der Waals surface area contributed by atoms with Crippen LogP contribution >= 0.6 is 0 Å². The largest absolute Gasteiger partial charge is 0.480 e. The Hall–Kier alpha value is -4.41. The number of nitrogens with two attached hydrogens (primary N) is 1. The van der Waals surface area contributed by atoms with Crippen LogP contribution in [0, 0.1) is 0 Å². The Bertz CT molecular complexity index is 1070. The molecular weight excluding hydrogens is 430 g/mol. The molecule has 5 amide bonds. The number of benzene rings is 2. The highest BCUT2D eigenvalue weighted by Gasteiger charge is 2.32. The third kappa shape index (κ3) is 6.06. The number of carbonyl (C=O) groups excluding carboxylic acids is 4. The van der Waals surface area contributed by atoms with Crippen LogP contribution in [0.1, 0.15) is 12.0 Å². The van der Waals surface area contributed by atoms with Gasteiger partial charge in [-0.25, -0.2) is 9.59 Å². The maximum absolute atomic E-state index is 13.1. The van der Waals surface area contributed by atoms with Crippen molar-refractivity contribution < 1.29 is 29.1 Å². The first kappa shape index (κ1) is 23.3. The second-order valence-electron chi connectivity index (χ2n) is 7.41. The molecule has 33 heavy (non-hydrogen) atoms. The predicted octanol–water partition coefficient (Wildman–Crippen LogP) is 0.211. The van der Waals surface area contributed by atoms with E-state index in [0.29, 0.717) is 16.9 Å². The highest BCUT2D eigenvalue weighted by molar-refractivity contribution is 6.10. The first-order valence-corrected chi connectivity index (χ1v) is 10.1. The highest BCUT2D eigenvalue weighted by atomic mass is 16.4. The highest BCUT2D eigenvalue weighted by Crippen LogP contribution is 2.28. The Morgan fingerprint density at radius 3 is 2.33 bits per heavy atom. The Balaban J connectivity index is 1.83. The monoisotopic (exact) mass is 453 g/mol. The van der Waals surface area contributed by atoms with Crippen LogP contribution in [-0.2, 0) is 25.6 Å². The lowest BCUT2D eigenvalue weighted by molar-refractivity contribution is -0.143. The summed E-state index contributed by atoms with van der Waals surface area (Å²) < 4.78 is 0. The molecule has 11 nitrogen and oxygen atoms in total. The summed E-state index contributed by atoms with van der Waals surface area (Å²) >= 11 is 0. The number of primary amides is 1. The number of fused-ring (bicyclic) bond motifs is 1. The lowest BCUT2D eigenvalue weighted by Crippen LogP contribution is -2.56. The summed E-state index contributed by atoms with van der Waals surface area (Å²) in [6.45, 7) is -0.262. The van der Waals surface area contributed by atoms with Gasteiger partial charge in [-0.3, -0.25) is 19.3 Å². The summed E-state index contributed by atoms with van der Waals surface area (Å²) in [5, 5.41) is 16.8. The smallest absolute Gasteiger partial charge is 0.326 e. The van der Waals surface area contributed by atoms with Gasteiger partial charge in [0, 0.05) is 6.42 Å². The number of para-hydroxylation sites is 2. The molecule has 0 radical (unpaired) electrons. The molecule has 3 rings (SSSR count). The van der Waals surface area contributed by atoms with Crippen LogP contribution in [0.3, 0.4) is 0 Å². The SMILES string of the molecule is NC(=O)CC(NC(=O)C(Cc1ccccc1)NC(=O)N1CC(=O)Nc2ccccc21)C(=O)O. The number of carboxylic acid groups (broad SMARTS) is 1. The Morgan fingerprint density at radius 1 is 1.00 bits per heavy atom. The maximum atomic E-state index is 13.1. The summed E-state index contributed by atoms with van der Waals surface area (Å²) in [4.78, 5) is 61.9. The number of carboxylic acids is 1. The van der Waals surface area contributed by atoms with Crippen LogP contribution in [0.15, 0.2) is 54.6 Å². The summed E-state index contributed by atoms with van der Waals surface area (Å²) in [7, 11) is 0. The zero-order valence-corrected chi connectivity index (χ0v) is 17.5. The van der Waals surface area contributed by atoms with Crippen LogP contribution < -0.4 is 26.6 Å². The molecule has 1 aliphatic heterocycles. The lowest BCUT2D eigenvalue weighted by Gasteiger charge is -2.31. The number of carbonyl (C=O) groups is 5. The van der Waals surface area contributed by atoms with E-state index in [9.17, 15) is 29.1 Å². The zero-order chi connectivity index (χ0) is 24.0. The van der Waals surface area contributed by atoms with Crippen LogP contribution in [-0.4, -0.2) is 53.5 Å². The van der Waals surface area contributed by atoms with Crippen molar-refractivity contribution in [2.24, 2.45) is 5.73 Å². The van der Waals surface area contributed by atoms with Crippen molar-refractivity contribution in [3.8, 4) is 0 Å². The molecule has 1 aliphatic rings. The summed E-state index contributed by atoms with van der Waals surface area (Å²) in [6, 6.07) is 12.0. The van der Waals surface area contributed by atoms with Crippen LogP contribution in [0.4, 0.5) is 16.2 Å². The zero-order valence-electron chi connectivity index (χ0n) is 17.5. The van der Waals surface area contributed by atoms with Gasteiger partial charge < -0.3 is 26.8 Å².